The van der Waals surface area contributed by atoms with Gasteiger partial charge in [0.15, 0.2) is 0 Å². The predicted octanol–water partition coefficient (Wildman–Crippen LogP) is 0.244. The van der Waals surface area contributed by atoms with Crippen molar-refractivity contribution >= 4 is 5.69 Å². The second kappa shape index (κ2) is 2.32. The van der Waals surface area contributed by atoms with Crippen LogP contribution in [-0.4, -0.2) is 10.2 Å². The van der Waals surface area contributed by atoms with Crippen LogP contribution in [0.5, 0.6) is 0 Å². The van der Waals surface area contributed by atoms with Crippen molar-refractivity contribution < 1.29 is 0 Å². The van der Waals surface area contributed by atoms with E-state index in [9.17, 15) is 4.79 Å². The third-order valence-corrected chi connectivity index (χ3v) is 2.29. The van der Waals surface area contributed by atoms with Gasteiger partial charge in [0.2, 0.25) is 0 Å². The quantitative estimate of drug-likeness (QED) is 0.535. The third kappa shape index (κ3) is 1.04. The summed E-state index contributed by atoms with van der Waals surface area (Å²) in [5.74, 6) is 0. The molecule has 0 amide bonds. The second-order valence-electron chi connectivity index (χ2n) is 3.76. The van der Waals surface area contributed by atoms with E-state index in [4.69, 9.17) is 0 Å². The average molecular weight is 180 g/mol. The lowest BCUT2D eigenvalue weighted by Crippen LogP contribution is -2.36. The van der Waals surface area contributed by atoms with Gasteiger partial charge in [-0.05, 0) is 20.8 Å². The van der Waals surface area contributed by atoms with Crippen molar-refractivity contribution in [3.63, 3.8) is 0 Å². The summed E-state index contributed by atoms with van der Waals surface area (Å²) in [5, 5.41) is 6.35. The standard InChI is InChI=1S/C8H12N4O/c1-4-6-5(7(13)11-9-4)8(2,3)12-10-6/h10,12H,1-3H3,(H,11,13). The molecule has 0 atom stereocenters. The van der Waals surface area contributed by atoms with Gasteiger partial charge < -0.3 is 5.43 Å². The molecule has 0 aliphatic carbocycles. The normalized spacial score (nSPS) is 18.1. The first kappa shape index (κ1) is 8.25. The van der Waals surface area contributed by atoms with E-state index >= 15 is 0 Å². The molecule has 2 rings (SSSR count). The van der Waals surface area contributed by atoms with E-state index in [1.54, 1.807) is 0 Å². The minimum atomic E-state index is -0.337. The fourth-order valence-electron chi connectivity index (χ4n) is 1.57. The summed E-state index contributed by atoms with van der Waals surface area (Å²) in [7, 11) is 0. The summed E-state index contributed by atoms with van der Waals surface area (Å²) in [6, 6.07) is 0. The molecule has 3 N–H and O–H groups in total. The maximum Gasteiger partial charge on any atom is 0.271 e. The van der Waals surface area contributed by atoms with Crippen molar-refractivity contribution in [2.24, 2.45) is 0 Å². The van der Waals surface area contributed by atoms with E-state index in [0.29, 0.717) is 0 Å². The van der Waals surface area contributed by atoms with Gasteiger partial charge in [-0.15, -0.1) is 0 Å². The summed E-state index contributed by atoms with van der Waals surface area (Å²) in [6.45, 7) is 5.74. The van der Waals surface area contributed by atoms with E-state index in [1.807, 2.05) is 20.8 Å². The highest BCUT2D eigenvalue weighted by atomic mass is 16.1. The van der Waals surface area contributed by atoms with E-state index in [-0.39, 0.29) is 11.1 Å². The number of aromatic amines is 1. The number of anilines is 1. The Morgan fingerprint density at radius 3 is 2.69 bits per heavy atom. The first-order valence-corrected chi connectivity index (χ1v) is 4.15. The molecule has 0 radical (unpaired) electrons. The molecule has 1 aromatic heterocycles. The molecule has 13 heavy (non-hydrogen) atoms. The van der Waals surface area contributed by atoms with Crippen LogP contribution in [-0.2, 0) is 5.54 Å². The third-order valence-electron chi connectivity index (χ3n) is 2.29. The van der Waals surface area contributed by atoms with Gasteiger partial charge in [0, 0.05) is 0 Å². The molecule has 0 bridgehead atoms. The molecule has 0 aromatic carbocycles. The van der Waals surface area contributed by atoms with Gasteiger partial charge in [-0.3, -0.25) is 4.79 Å². The number of H-pyrrole nitrogens is 1. The minimum absolute atomic E-state index is 0.136. The summed E-state index contributed by atoms with van der Waals surface area (Å²) in [4.78, 5) is 11.5. The zero-order chi connectivity index (χ0) is 9.64. The Balaban J connectivity index is 2.77. The molecular weight excluding hydrogens is 168 g/mol. The molecule has 0 saturated heterocycles. The van der Waals surface area contributed by atoms with Crippen molar-refractivity contribution in [1.29, 1.82) is 0 Å². The molecule has 0 fully saturated rings. The number of hydrogen-bond acceptors (Lipinski definition) is 4. The molecule has 1 aliphatic rings. The maximum atomic E-state index is 11.5. The number of nitrogens with one attached hydrogen (secondary N) is 3. The summed E-state index contributed by atoms with van der Waals surface area (Å²) >= 11 is 0. The van der Waals surface area contributed by atoms with E-state index < -0.39 is 0 Å². The summed E-state index contributed by atoms with van der Waals surface area (Å²) in [6.07, 6.45) is 0. The largest absolute Gasteiger partial charge is 0.318 e. The molecule has 70 valence electrons. The van der Waals surface area contributed by atoms with Crippen molar-refractivity contribution in [3.8, 4) is 0 Å². The minimum Gasteiger partial charge on any atom is -0.318 e. The van der Waals surface area contributed by atoms with Gasteiger partial charge in [0.25, 0.3) is 5.56 Å². The zero-order valence-electron chi connectivity index (χ0n) is 7.86. The fraction of sp³-hybridized carbons (Fsp3) is 0.500. The van der Waals surface area contributed by atoms with Crippen LogP contribution in [0.4, 0.5) is 5.69 Å². The Bertz CT molecular complexity index is 407. The van der Waals surface area contributed by atoms with Crippen LogP contribution in [0.25, 0.3) is 0 Å². The highest BCUT2D eigenvalue weighted by molar-refractivity contribution is 5.59. The molecule has 0 spiro atoms. The van der Waals surface area contributed by atoms with Crippen LogP contribution < -0.4 is 16.4 Å². The maximum absolute atomic E-state index is 11.5. The van der Waals surface area contributed by atoms with Crippen LogP contribution in [0.15, 0.2) is 4.79 Å². The van der Waals surface area contributed by atoms with Crippen LogP contribution in [0.1, 0.15) is 25.1 Å². The molecular formula is C8H12N4O. The molecule has 1 aromatic rings. The number of hydrazine groups is 1. The Hall–Kier alpha value is -1.36. The summed E-state index contributed by atoms with van der Waals surface area (Å²) in [5.41, 5.74) is 7.85. The van der Waals surface area contributed by atoms with Crippen molar-refractivity contribution in [2.45, 2.75) is 26.3 Å². The lowest BCUT2D eigenvalue weighted by atomic mass is 9.97. The predicted molar refractivity (Wildman–Crippen MR) is 49.4 cm³/mol. The molecule has 2 heterocycles. The smallest absolute Gasteiger partial charge is 0.271 e. The Labute approximate surface area is 75.5 Å². The first-order valence-electron chi connectivity index (χ1n) is 4.15. The van der Waals surface area contributed by atoms with Gasteiger partial charge in [0.1, 0.15) is 0 Å². The van der Waals surface area contributed by atoms with Crippen LogP contribution in [0.3, 0.4) is 0 Å². The second-order valence-corrected chi connectivity index (χ2v) is 3.76. The van der Waals surface area contributed by atoms with E-state index in [2.05, 4.69) is 21.0 Å². The van der Waals surface area contributed by atoms with Crippen LogP contribution in [0.2, 0.25) is 0 Å². The Kier molecular flexibility index (Phi) is 1.47. The van der Waals surface area contributed by atoms with Gasteiger partial charge in [-0.1, -0.05) is 0 Å². The number of nitrogens with zero attached hydrogens (tertiary/aromatic N) is 1. The van der Waals surface area contributed by atoms with Crippen LogP contribution in [0, 0.1) is 6.92 Å². The monoisotopic (exact) mass is 180 g/mol. The van der Waals surface area contributed by atoms with E-state index in [1.165, 1.54) is 0 Å². The molecule has 5 heteroatoms. The van der Waals surface area contributed by atoms with Crippen molar-refractivity contribution in [2.75, 3.05) is 5.43 Å². The fourth-order valence-corrected chi connectivity index (χ4v) is 1.57. The van der Waals surface area contributed by atoms with E-state index in [0.717, 1.165) is 16.9 Å². The van der Waals surface area contributed by atoms with Crippen molar-refractivity contribution in [1.82, 2.24) is 15.6 Å². The lowest BCUT2D eigenvalue weighted by molar-refractivity contribution is 0.466. The molecule has 0 saturated carbocycles. The Morgan fingerprint density at radius 1 is 1.38 bits per heavy atom. The molecule has 1 aliphatic heterocycles. The number of fused-ring (bicyclic) bond motifs is 1. The Morgan fingerprint density at radius 2 is 2.08 bits per heavy atom. The number of aromatic nitrogens is 2. The van der Waals surface area contributed by atoms with Crippen molar-refractivity contribution in [3.05, 3.63) is 21.6 Å². The highest BCUT2D eigenvalue weighted by Crippen LogP contribution is 2.30. The zero-order valence-corrected chi connectivity index (χ0v) is 7.86. The number of rotatable bonds is 0. The van der Waals surface area contributed by atoms with Gasteiger partial charge in [-0.25, -0.2) is 10.5 Å². The van der Waals surface area contributed by atoms with Gasteiger partial charge >= 0.3 is 0 Å². The SMILES string of the molecule is Cc1n[nH]c(=O)c2c1NNC2(C)C. The van der Waals surface area contributed by atoms with Gasteiger partial charge in [0.05, 0.1) is 22.5 Å². The molecule has 5 nitrogen and oxygen atoms in total. The summed E-state index contributed by atoms with van der Waals surface area (Å²) < 4.78 is 0. The average Bonchev–Trinajstić information content (AvgIpc) is 2.36. The topological polar surface area (TPSA) is 69.8 Å². The molecule has 0 unspecified atom stereocenters. The highest BCUT2D eigenvalue weighted by Gasteiger charge is 2.33. The first-order chi connectivity index (χ1) is 6.02. The van der Waals surface area contributed by atoms with Gasteiger partial charge in [-0.2, -0.15) is 5.10 Å². The van der Waals surface area contributed by atoms with Crippen LogP contribution >= 0.6 is 0 Å². The number of aryl methyl sites for hydroxylation is 1. The lowest BCUT2D eigenvalue weighted by Gasteiger charge is -2.16. The number of hydrogen-bond donors (Lipinski definition) is 3.